The molecule has 1 aliphatic rings. The average molecular weight is 258 g/mol. The second-order valence-corrected chi connectivity index (χ2v) is 4.43. The number of benzene rings is 1. The fraction of sp³-hybridized carbons (Fsp3) is 0.214. The van der Waals surface area contributed by atoms with Gasteiger partial charge in [0.2, 0.25) is 0 Å². The van der Waals surface area contributed by atoms with Gasteiger partial charge < -0.3 is 19.8 Å². The zero-order valence-corrected chi connectivity index (χ0v) is 10.5. The van der Waals surface area contributed by atoms with Gasteiger partial charge in [0.05, 0.1) is 18.0 Å². The lowest BCUT2D eigenvalue weighted by Gasteiger charge is -2.20. The highest BCUT2D eigenvalue weighted by Gasteiger charge is 2.16. The number of furan rings is 1. The number of hydrogen-bond acceptors (Lipinski definition) is 4. The van der Waals surface area contributed by atoms with Crippen LogP contribution in [0.5, 0.6) is 5.75 Å². The summed E-state index contributed by atoms with van der Waals surface area (Å²) in [6.45, 7) is 2.08. The van der Waals surface area contributed by atoms with Gasteiger partial charge in [0, 0.05) is 5.69 Å². The molecule has 1 unspecified atom stereocenters. The van der Waals surface area contributed by atoms with Gasteiger partial charge in [-0.1, -0.05) is 0 Å². The molecule has 1 aromatic heterocycles. The van der Waals surface area contributed by atoms with Gasteiger partial charge in [-0.05, 0) is 37.3 Å². The van der Waals surface area contributed by atoms with Gasteiger partial charge in [0.25, 0.3) is 5.91 Å². The highest BCUT2D eigenvalue weighted by Crippen LogP contribution is 2.31. The first-order valence-corrected chi connectivity index (χ1v) is 6.09. The molecule has 5 nitrogen and oxygen atoms in total. The Bertz CT molecular complexity index is 593. The second-order valence-electron chi connectivity index (χ2n) is 4.43. The van der Waals surface area contributed by atoms with E-state index < -0.39 is 0 Å². The second kappa shape index (κ2) is 4.68. The van der Waals surface area contributed by atoms with Crippen LogP contribution >= 0.6 is 0 Å². The first kappa shape index (κ1) is 11.6. The van der Waals surface area contributed by atoms with Crippen LogP contribution < -0.4 is 15.4 Å². The highest BCUT2D eigenvalue weighted by atomic mass is 16.5. The summed E-state index contributed by atoms with van der Waals surface area (Å²) in [4.78, 5) is 11.3. The van der Waals surface area contributed by atoms with Gasteiger partial charge in [-0.15, -0.1) is 0 Å². The normalized spacial score (nSPS) is 15.1. The summed E-state index contributed by atoms with van der Waals surface area (Å²) in [6, 6.07) is 9.43. The van der Waals surface area contributed by atoms with Gasteiger partial charge in [0.15, 0.2) is 6.61 Å². The summed E-state index contributed by atoms with van der Waals surface area (Å²) < 4.78 is 10.6. The van der Waals surface area contributed by atoms with Gasteiger partial charge in [-0.25, -0.2) is 0 Å². The van der Waals surface area contributed by atoms with E-state index in [1.165, 1.54) is 0 Å². The average Bonchev–Trinajstić information content (AvgIpc) is 2.92. The SMILES string of the molecule is CC(Nc1ccc2c(c1)NC(=O)CO2)c1ccco1. The Labute approximate surface area is 110 Å². The lowest BCUT2D eigenvalue weighted by atomic mass is 10.2. The van der Waals surface area contributed by atoms with Crippen molar-refractivity contribution in [1.29, 1.82) is 0 Å². The topological polar surface area (TPSA) is 63.5 Å². The van der Waals surface area contributed by atoms with Gasteiger partial charge in [0.1, 0.15) is 11.5 Å². The molecule has 0 saturated heterocycles. The van der Waals surface area contributed by atoms with Crippen LogP contribution in [0.2, 0.25) is 0 Å². The number of amides is 1. The summed E-state index contributed by atoms with van der Waals surface area (Å²) >= 11 is 0. The third-order valence-electron chi connectivity index (χ3n) is 2.97. The standard InChI is InChI=1S/C14H14N2O3/c1-9(12-3-2-6-18-12)15-10-4-5-13-11(7-10)16-14(17)8-19-13/h2-7,9,15H,8H2,1H3,(H,16,17). The molecule has 0 bridgehead atoms. The maximum atomic E-state index is 11.3. The lowest BCUT2D eigenvalue weighted by Crippen LogP contribution is -2.25. The lowest BCUT2D eigenvalue weighted by molar-refractivity contribution is -0.118. The van der Waals surface area contributed by atoms with E-state index in [9.17, 15) is 4.79 Å². The van der Waals surface area contributed by atoms with Gasteiger partial charge in [-0.2, -0.15) is 0 Å². The third kappa shape index (κ3) is 2.40. The van der Waals surface area contributed by atoms with E-state index in [0.29, 0.717) is 11.4 Å². The number of carbonyl (C=O) groups excluding carboxylic acids is 1. The molecule has 0 fully saturated rings. The summed E-state index contributed by atoms with van der Waals surface area (Å²) in [6.07, 6.45) is 1.65. The molecule has 1 aliphatic heterocycles. The van der Waals surface area contributed by atoms with Crippen molar-refractivity contribution < 1.29 is 13.9 Å². The van der Waals surface area contributed by atoms with Crippen LogP contribution in [0, 0.1) is 0 Å². The Morgan fingerprint density at radius 2 is 2.26 bits per heavy atom. The molecule has 2 aromatic rings. The number of anilines is 2. The zero-order valence-electron chi connectivity index (χ0n) is 10.5. The van der Waals surface area contributed by atoms with Crippen molar-refractivity contribution in [2.75, 3.05) is 17.2 Å². The summed E-state index contributed by atoms with van der Waals surface area (Å²) in [7, 11) is 0. The first-order valence-electron chi connectivity index (χ1n) is 6.09. The smallest absolute Gasteiger partial charge is 0.262 e. The molecule has 19 heavy (non-hydrogen) atoms. The molecule has 2 N–H and O–H groups in total. The number of fused-ring (bicyclic) bond motifs is 1. The zero-order chi connectivity index (χ0) is 13.2. The molecule has 1 aromatic carbocycles. The van der Waals surface area contributed by atoms with Gasteiger partial charge in [-0.3, -0.25) is 4.79 Å². The van der Waals surface area contributed by atoms with Crippen molar-refractivity contribution >= 4 is 17.3 Å². The van der Waals surface area contributed by atoms with Gasteiger partial charge >= 0.3 is 0 Å². The Morgan fingerprint density at radius 1 is 1.37 bits per heavy atom. The maximum Gasteiger partial charge on any atom is 0.262 e. The Kier molecular flexibility index (Phi) is 2.87. The molecule has 0 saturated carbocycles. The van der Waals surface area contributed by atoms with Crippen molar-refractivity contribution in [1.82, 2.24) is 0 Å². The van der Waals surface area contributed by atoms with Crippen LogP contribution in [0.15, 0.2) is 41.0 Å². The van der Waals surface area contributed by atoms with Crippen molar-refractivity contribution in [2.24, 2.45) is 0 Å². The summed E-state index contributed by atoms with van der Waals surface area (Å²) in [5.74, 6) is 1.41. The Balaban J connectivity index is 1.79. The highest BCUT2D eigenvalue weighted by molar-refractivity contribution is 5.96. The number of hydrogen-bond donors (Lipinski definition) is 2. The van der Waals surface area contributed by atoms with Crippen molar-refractivity contribution in [3.8, 4) is 5.75 Å². The van der Waals surface area contributed by atoms with Crippen LogP contribution in [0.25, 0.3) is 0 Å². The predicted octanol–water partition coefficient (Wildman–Crippen LogP) is 2.78. The molecule has 3 rings (SSSR count). The number of rotatable bonds is 3. The van der Waals surface area contributed by atoms with E-state index in [1.807, 2.05) is 37.3 Å². The molecule has 0 radical (unpaired) electrons. The predicted molar refractivity (Wildman–Crippen MR) is 71.3 cm³/mol. The fourth-order valence-electron chi connectivity index (χ4n) is 2.03. The van der Waals surface area contributed by atoms with Crippen LogP contribution in [0.3, 0.4) is 0 Å². The molecule has 0 spiro atoms. The van der Waals surface area contributed by atoms with E-state index in [-0.39, 0.29) is 18.6 Å². The molecule has 2 heterocycles. The first-order chi connectivity index (χ1) is 9.22. The number of carbonyl (C=O) groups is 1. The van der Waals surface area contributed by atoms with E-state index in [4.69, 9.17) is 9.15 Å². The van der Waals surface area contributed by atoms with E-state index >= 15 is 0 Å². The van der Waals surface area contributed by atoms with Crippen LogP contribution in [-0.2, 0) is 4.79 Å². The van der Waals surface area contributed by atoms with Crippen molar-refractivity contribution in [2.45, 2.75) is 13.0 Å². The molecule has 98 valence electrons. The molecule has 1 amide bonds. The van der Waals surface area contributed by atoms with E-state index in [1.54, 1.807) is 6.26 Å². The molecule has 1 atom stereocenters. The van der Waals surface area contributed by atoms with Crippen LogP contribution in [0.4, 0.5) is 11.4 Å². The molecule has 5 heteroatoms. The summed E-state index contributed by atoms with van der Waals surface area (Å²) in [5, 5.41) is 6.09. The van der Waals surface area contributed by atoms with Crippen LogP contribution in [0.1, 0.15) is 18.7 Å². The molecular formula is C14H14N2O3. The van der Waals surface area contributed by atoms with E-state index in [2.05, 4.69) is 10.6 Å². The minimum Gasteiger partial charge on any atom is -0.482 e. The Morgan fingerprint density at radius 3 is 3.05 bits per heavy atom. The third-order valence-corrected chi connectivity index (χ3v) is 2.97. The quantitative estimate of drug-likeness (QED) is 0.888. The minimum atomic E-state index is -0.135. The van der Waals surface area contributed by atoms with Crippen molar-refractivity contribution in [3.05, 3.63) is 42.4 Å². The van der Waals surface area contributed by atoms with Crippen molar-refractivity contribution in [3.63, 3.8) is 0 Å². The summed E-state index contributed by atoms with van der Waals surface area (Å²) in [5.41, 5.74) is 1.58. The largest absolute Gasteiger partial charge is 0.482 e. The number of ether oxygens (including phenoxy) is 1. The monoisotopic (exact) mass is 258 g/mol. The van der Waals surface area contributed by atoms with E-state index in [0.717, 1.165) is 11.4 Å². The number of nitrogens with one attached hydrogen (secondary N) is 2. The molecule has 0 aliphatic carbocycles. The molecular weight excluding hydrogens is 244 g/mol. The fourth-order valence-corrected chi connectivity index (χ4v) is 2.03. The maximum absolute atomic E-state index is 11.3. The minimum absolute atomic E-state index is 0.0493. The Hall–Kier alpha value is -2.43. The van der Waals surface area contributed by atoms with Crippen LogP contribution in [-0.4, -0.2) is 12.5 Å².